The molecule has 110 valence electrons. The van der Waals surface area contributed by atoms with Crippen molar-refractivity contribution in [1.82, 2.24) is 5.32 Å². The first-order chi connectivity index (χ1) is 9.67. The Labute approximate surface area is 121 Å². The average Bonchev–Trinajstić information content (AvgIpc) is 2.46. The van der Waals surface area contributed by atoms with Crippen LogP contribution in [0, 0.1) is 5.92 Å². The van der Waals surface area contributed by atoms with Crippen molar-refractivity contribution in [2.24, 2.45) is 5.92 Å². The number of carbonyl (C=O) groups is 1. The molecule has 2 N–H and O–H groups in total. The molecule has 1 unspecified atom stereocenters. The molecule has 1 aliphatic rings. The molecule has 0 spiro atoms. The summed E-state index contributed by atoms with van der Waals surface area (Å²) in [4.78, 5) is 13.4. The van der Waals surface area contributed by atoms with E-state index in [1.807, 2.05) is 24.3 Å². The fourth-order valence-corrected chi connectivity index (χ4v) is 2.79. The Kier molecular flexibility index (Phi) is 5.41. The summed E-state index contributed by atoms with van der Waals surface area (Å²) in [7, 11) is 1.65. The number of rotatable bonds is 5. The average molecular weight is 277 g/mol. The van der Waals surface area contributed by atoms with Gasteiger partial charge in [-0.2, -0.15) is 0 Å². The summed E-state index contributed by atoms with van der Waals surface area (Å²) in [5.74, 6) is 1.73. The van der Waals surface area contributed by atoms with Crippen LogP contribution in [-0.2, 0) is 11.3 Å². The van der Waals surface area contributed by atoms with Gasteiger partial charge < -0.3 is 15.0 Å². The summed E-state index contributed by atoms with van der Waals surface area (Å²) >= 11 is 0. The zero-order chi connectivity index (χ0) is 14.4. The Hall–Kier alpha value is -1.55. The van der Waals surface area contributed by atoms with E-state index in [1.165, 1.54) is 17.7 Å². The molecule has 1 fully saturated rings. The van der Waals surface area contributed by atoms with Gasteiger partial charge in [0, 0.05) is 12.5 Å². The Morgan fingerprint density at radius 3 is 2.80 bits per heavy atom. The van der Waals surface area contributed by atoms with Crippen molar-refractivity contribution < 1.29 is 14.4 Å². The minimum Gasteiger partial charge on any atom is -0.497 e. The van der Waals surface area contributed by atoms with Gasteiger partial charge in [-0.25, -0.2) is 0 Å². The van der Waals surface area contributed by atoms with Crippen LogP contribution in [0.3, 0.4) is 0 Å². The van der Waals surface area contributed by atoms with E-state index in [0.717, 1.165) is 30.3 Å². The molecular weight excluding hydrogens is 252 g/mol. The summed E-state index contributed by atoms with van der Waals surface area (Å²) in [5, 5.41) is 3.00. The molecule has 4 nitrogen and oxygen atoms in total. The predicted molar refractivity (Wildman–Crippen MR) is 78.8 cm³/mol. The van der Waals surface area contributed by atoms with Crippen molar-refractivity contribution in [3.63, 3.8) is 0 Å². The van der Waals surface area contributed by atoms with Crippen molar-refractivity contribution >= 4 is 5.91 Å². The van der Waals surface area contributed by atoms with Gasteiger partial charge in [-0.3, -0.25) is 4.79 Å². The lowest BCUT2D eigenvalue weighted by Crippen LogP contribution is -3.14. The maximum Gasteiger partial charge on any atom is 0.275 e. The first-order valence-electron chi connectivity index (χ1n) is 7.40. The molecule has 1 heterocycles. The summed E-state index contributed by atoms with van der Waals surface area (Å²) in [6.45, 7) is 5.71. The highest BCUT2D eigenvalue weighted by molar-refractivity contribution is 5.76. The monoisotopic (exact) mass is 277 g/mol. The minimum atomic E-state index is 0.143. The molecule has 1 saturated heterocycles. The van der Waals surface area contributed by atoms with Gasteiger partial charge in [-0.1, -0.05) is 19.1 Å². The largest absolute Gasteiger partial charge is 0.497 e. The normalized spacial score (nSPS) is 22.3. The Balaban J connectivity index is 1.73. The first-order valence-corrected chi connectivity index (χ1v) is 7.40. The fraction of sp³-hybridized carbons (Fsp3) is 0.562. The molecule has 1 aliphatic heterocycles. The van der Waals surface area contributed by atoms with Gasteiger partial charge in [0.05, 0.1) is 20.2 Å². The third-order valence-corrected chi connectivity index (χ3v) is 3.92. The third-order valence-electron chi connectivity index (χ3n) is 3.92. The van der Waals surface area contributed by atoms with Crippen LogP contribution in [-0.4, -0.2) is 32.7 Å². The van der Waals surface area contributed by atoms with Gasteiger partial charge in [-0.05, 0) is 30.5 Å². The van der Waals surface area contributed by atoms with Crippen molar-refractivity contribution in [2.45, 2.75) is 26.3 Å². The number of hydrogen-bond acceptors (Lipinski definition) is 2. The molecule has 20 heavy (non-hydrogen) atoms. The number of ether oxygens (including phenoxy) is 1. The number of likely N-dealkylation sites (tertiary alicyclic amines) is 1. The Bertz CT molecular complexity index is 431. The lowest BCUT2D eigenvalue weighted by molar-refractivity contribution is -0.900. The number of piperidine rings is 1. The molecule has 1 aromatic rings. The second-order valence-electron chi connectivity index (χ2n) is 5.75. The molecule has 0 radical (unpaired) electrons. The van der Waals surface area contributed by atoms with Crippen LogP contribution >= 0.6 is 0 Å². The molecule has 1 amide bonds. The van der Waals surface area contributed by atoms with Crippen LogP contribution in [0.25, 0.3) is 0 Å². The highest BCUT2D eigenvalue weighted by Crippen LogP contribution is 2.10. The third kappa shape index (κ3) is 4.53. The zero-order valence-corrected chi connectivity index (χ0v) is 12.4. The molecule has 0 bridgehead atoms. The molecule has 0 saturated carbocycles. The van der Waals surface area contributed by atoms with Crippen molar-refractivity contribution in [3.8, 4) is 5.75 Å². The zero-order valence-electron chi connectivity index (χ0n) is 12.4. The molecule has 1 aromatic carbocycles. The minimum absolute atomic E-state index is 0.143. The van der Waals surface area contributed by atoms with Crippen molar-refractivity contribution in [2.75, 3.05) is 26.7 Å². The highest BCUT2D eigenvalue weighted by atomic mass is 16.5. The maximum atomic E-state index is 12.0. The van der Waals surface area contributed by atoms with Crippen molar-refractivity contribution in [1.29, 1.82) is 0 Å². The summed E-state index contributed by atoms with van der Waals surface area (Å²) in [6.07, 6.45) is 2.54. The van der Waals surface area contributed by atoms with Gasteiger partial charge in [0.2, 0.25) is 0 Å². The number of hydrogen-bond donors (Lipinski definition) is 2. The van der Waals surface area contributed by atoms with Gasteiger partial charge in [0.15, 0.2) is 6.54 Å². The van der Waals surface area contributed by atoms with Crippen LogP contribution in [0.15, 0.2) is 24.3 Å². The second-order valence-corrected chi connectivity index (χ2v) is 5.75. The fourth-order valence-electron chi connectivity index (χ4n) is 2.79. The number of amides is 1. The van der Waals surface area contributed by atoms with E-state index < -0.39 is 0 Å². The van der Waals surface area contributed by atoms with E-state index in [2.05, 4.69) is 12.2 Å². The Morgan fingerprint density at radius 2 is 2.15 bits per heavy atom. The first kappa shape index (κ1) is 14.9. The molecule has 2 atom stereocenters. The number of benzene rings is 1. The van der Waals surface area contributed by atoms with Crippen LogP contribution < -0.4 is 15.0 Å². The number of nitrogens with one attached hydrogen (secondary N) is 2. The maximum absolute atomic E-state index is 12.0. The van der Waals surface area contributed by atoms with Gasteiger partial charge >= 0.3 is 0 Å². The van der Waals surface area contributed by atoms with Gasteiger partial charge in [0.25, 0.3) is 5.91 Å². The van der Waals surface area contributed by atoms with Crippen LogP contribution in [0.1, 0.15) is 25.3 Å². The molecular formula is C16H25N2O2+. The van der Waals surface area contributed by atoms with Gasteiger partial charge in [-0.15, -0.1) is 0 Å². The summed E-state index contributed by atoms with van der Waals surface area (Å²) in [6, 6.07) is 7.79. The summed E-state index contributed by atoms with van der Waals surface area (Å²) in [5.41, 5.74) is 1.10. The van der Waals surface area contributed by atoms with E-state index in [1.54, 1.807) is 7.11 Å². The molecule has 0 aliphatic carbocycles. The summed E-state index contributed by atoms with van der Waals surface area (Å²) < 4.78 is 5.11. The lowest BCUT2D eigenvalue weighted by atomic mass is 10.0. The predicted octanol–water partition coefficient (Wildman–Crippen LogP) is 0.626. The SMILES string of the molecule is COc1ccc(CNC(=O)C[NH+]2CCC[C@H](C)C2)cc1. The standard InChI is InChI=1S/C16H24N2O2/c1-13-4-3-9-18(11-13)12-16(19)17-10-14-5-7-15(20-2)8-6-14/h5-8,13H,3-4,9-12H2,1-2H3,(H,17,19)/p+1/t13-/m0/s1. The van der Waals surface area contributed by atoms with Gasteiger partial charge in [0.1, 0.15) is 5.75 Å². The van der Waals surface area contributed by atoms with Crippen molar-refractivity contribution in [3.05, 3.63) is 29.8 Å². The van der Waals surface area contributed by atoms with Crippen LogP contribution in [0.2, 0.25) is 0 Å². The smallest absolute Gasteiger partial charge is 0.275 e. The van der Waals surface area contributed by atoms with E-state index in [-0.39, 0.29) is 5.91 Å². The number of methoxy groups -OCH3 is 1. The molecule has 4 heteroatoms. The highest BCUT2D eigenvalue weighted by Gasteiger charge is 2.21. The van der Waals surface area contributed by atoms with E-state index >= 15 is 0 Å². The molecule has 2 rings (SSSR count). The van der Waals surface area contributed by atoms with Crippen LogP contribution in [0.4, 0.5) is 0 Å². The van der Waals surface area contributed by atoms with E-state index in [4.69, 9.17) is 4.74 Å². The topological polar surface area (TPSA) is 42.8 Å². The molecule has 0 aromatic heterocycles. The number of quaternary nitrogens is 1. The number of carbonyl (C=O) groups excluding carboxylic acids is 1. The second kappa shape index (κ2) is 7.29. The van der Waals surface area contributed by atoms with E-state index in [0.29, 0.717) is 13.1 Å². The Morgan fingerprint density at radius 1 is 1.40 bits per heavy atom. The quantitative estimate of drug-likeness (QED) is 0.829. The van der Waals surface area contributed by atoms with E-state index in [9.17, 15) is 4.79 Å². The lowest BCUT2D eigenvalue weighted by Gasteiger charge is -2.27. The van der Waals surface area contributed by atoms with Crippen LogP contribution in [0.5, 0.6) is 5.75 Å².